The molecule has 3 aromatic carbocycles. The fraction of sp³-hybridized carbons (Fsp3) is 0.250. The van der Waals surface area contributed by atoms with E-state index in [1.54, 1.807) is 28.7 Å². The van der Waals surface area contributed by atoms with Gasteiger partial charge in [0, 0.05) is 71.8 Å². The first-order valence-electron chi connectivity index (χ1n) is 14.0. The number of carbonyl (C=O) groups excluding carboxylic acids is 1. The molecule has 1 fully saturated rings. The molecule has 0 radical (unpaired) electrons. The molecule has 2 aromatic heterocycles. The number of aromatic nitrogens is 3. The van der Waals surface area contributed by atoms with Crippen LogP contribution in [-0.4, -0.2) is 42.0 Å². The maximum Gasteiger partial charge on any atom is 0.168 e. The summed E-state index contributed by atoms with van der Waals surface area (Å²) in [5.74, 6) is -1.06. The van der Waals surface area contributed by atoms with Crippen molar-refractivity contribution < 1.29 is 26.9 Å². The van der Waals surface area contributed by atoms with Crippen LogP contribution in [0.1, 0.15) is 48.1 Å². The highest BCUT2D eigenvalue weighted by atomic mass is 32.2. The maximum atomic E-state index is 15.4. The molecule has 0 spiro atoms. The van der Waals surface area contributed by atoms with Gasteiger partial charge in [-0.05, 0) is 48.2 Å². The number of fused-ring (bicyclic) bond motifs is 1. The minimum atomic E-state index is -1.16. The minimum Gasteiger partial charge on any atom is -0.454 e. The lowest BCUT2D eigenvalue weighted by Gasteiger charge is -2.19. The number of aryl methyl sites for hydroxylation is 1. The van der Waals surface area contributed by atoms with Crippen LogP contribution in [-0.2, 0) is 28.7 Å². The molecule has 11 heteroatoms. The lowest BCUT2D eigenvalue weighted by Crippen LogP contribution is -2.20. The molecule has 2 N–H and O–H groups in total. The van der Waals surface area contributed by atoms with E-state index in [0.717, 1.165) is 18.1 Å². The van der Waals surface area contributed by atoms with Gasteiger partial charge in [-0.25, -0.2) is 26.7 Å². The minimum absolute atomic E-state index is 0.0211. The van der Waals surface area contributed by atoms with E-state index in [0.29, 0.717) is 46.6 Å². The quantitative estimate of drug-likeness (QED) is 0.169. The van der Waals surface area contributed by atoms with Gasteiger partial charge in [0.05, 0.1) is 16.5 Å². The van der Waals surface area contributed by atoms with Gasteiger partial charge in [0.2, 0.25) is 0 Å². The summed E-state index contributed by atoms with van der Waals surface area (Å²) in [6.45, 7) is 2.67. The van der Waals surface area contributed by atoms with Gasteiger partial charge in [-0.3, -0.25) is 0 Å². The Bertz CT molecular complexity index is 1840. The van der Waals surface area contributed by atoms with Gasteiger partial charge in [-0.2, -0.15) is 0 Å². The van der Waals surface area contributed by atoms with Gasteiger partial charge < -0.3 is 19.5 Å². The number of imidazole rings is 1. The number of halogens is 3. The Kier molecular flexibility index (Phi) is 8.18. The third-order valence-electron chi connectivity index (χ3n) is 7.80. The Morgan fingerprint density at radius 1 is 1.14 bits per heavy atom. The number of carbonyl (C=O) groups is 1. The molecule has 5 aromatic rings. The normalized spacial score (nSPS) is 16.1. The summed E-state index contributed by atoms with van der Waals surface area (Å²) in [6.07, 6.45) is 5.31. The molecule has 0 amide bonds. The van der Waals surface area contributed by atoms with E-state index in [-0.39, 0.29) is 41.7 Å². The van der Waals surface area contributed by atoms with Crippen molar-refractivity contribution in [1.82, 2.24) is 19.3 Å². The zero-order valence-electron chi connectivity index (χ0n) is 23.3. The fourth-order valence-electron chi connectivity index (χ4n) is 5.48. The molecule has 0 aliphatic carbocycles. The van der Waals surface area contributed by atoms with Crippen molar-refractivity contribution in [3.8, 4) is 22.9 Å². The maximum absolute atomic E-state index is 15.4. The number of hydrogen-bond acceptors (Lipinski definition) is 4. The summed E-state index contributed by atoms with van der Waals surface area (Å²) < 4.78 is 66.0. The number of H-pyrrole nitrogens is 2. The molecular weight excluding hydrogens is 577 g/mol. The second-order valence-corrected chi connectivity index (χ2v) is 12.1. The van der Waals surface area contributed by atoms with E-state index >= 15 is 13.2 Å². The van der Waals surface area contributed by atoms with Crippen molar-refractivity contribution in [2.45, 2.75) is 38.6 Å². The van der Waals surface area contributed by atoms with Crippen LogP contribution in [0.5, 0.6) is 11.5 Å². The third kappa shape index (κ3) is 5.74. The predicted molar refractivity (Wildman–Crippen MR) is 159 cm³/mol. The van der Waals surface area contributed by atoms with E-state index in [2.05, 4.69) is 15.0 Å². The highest BCUT2D eigenvalue weighted by molar-refractivity contribution is 7.82. The third-order valence-corrected chi connectivity index (χ3v) is 9.32. The van der Waals surface area contributed by atoms with Crippen molar-refractivity contribution >= 4 is 28.2 Å². The average Bonchev–Trinajstić information content (AvgIpc) is 3.76. The highest BCUT2D eigenvalue weighted by Gasteiger charge is 2.26. The Labute approximate surface area is 248 Å². The summed E-state index contributed by atoms with van der Waals surface area (Å²) in [5.41, 5.74) is 2.68. The first-order valence-corrected chi connectivity index (χ1v) is 15.3. The standard InChI is InChI=1S/C32H29F3N4O3S/c1-19(22-7-2-5-20(30(22)35)6-3-13-40)29-17-37-32(38-29)24-15-21(8-9-26(24)33)42-31-25(18-39-12-4-14-43(39)41)23-10-11-36-28(23)16-27(31)34/h2,5,7-11,13,15-17,19,36H,3-4,6,12,14,18H2,1H3,(H,37,38). The van der Waals surface area contributed by atoms with Crippen LogP contribution in [0.4, 0.5) is 13.2 Å². The summed E-state index contributed by atoms with van der Waals surface area (Å²) in [7, 11) is -1.16. The number of nitrogens with one attached hydrogen (secondary N) is 2. The molecule has 1 aliphatic rings. The van der Waals surface area contributed by atoms with Crippen LogP contribution < -0.4 is 4.74 Å². The number of benzene rings is 3. The molecule has 0 bridgehead atoms. The Morgan fingerprint density at radius 3 is 2.79 bits per heavy atom. The van der Waals surface area contributed by atoms with Crippen molar-refractivity contribution in [2.24, 2.45) is 0 Å². The topological polar surface area (TPSA) is 91.1 Å². The van der Waals surface area contributed by atoms with Gasteiger partial charge in [-0.15, -0.1) is 0 Å². The lowest BCUT2D eigenvalue weighted by atomic mass is 9.94. The molecule has 222 valence electrons. The van der Waals surface area contributed by atoms with Crippen LogP contribution in [0.3, 0.4) is 0 Å². The van der Waals surface area contributed by atoms with Gasteiger partial charge >= 0.3 is 0 Å². The average molecular weight is 607 g/mol. The Morgan fingerprint density at radius 2 is 2.00 bits per heavy atom. The van der Waals surface area contributed by atoms with Crippen LogP contribution in [0, 0.1) is 17.5 Å². The number of aldehydes is 1. The summed E-state index contributed by atoms with van der Waals surface area (Å²) in [4.78, 5) is 21.2. The molecule has 2 atom stereocenters. The zero-order chi connectivity index (χ0) is 30.1. The number of ether oxygens (including phenoxy) is 1. The number of nitrogens with zero attached hydrogens (tertiary/aromatic N) is 2. The molecular formula is C32H29F3N4O3S. The number of hydrogen-bond donors (Lipinski definition) is 2. The Hall–Kier alpha value is -4.22. The van der Waals surface area contributed by atoms with E-state index in [9.17, 15) is 9.00 Å². The van der Waals surface area contributed by atoms with Crippen LogP contribution in [0.15, 0.2) is 60.9 Å². The smallest absolute Gasteiger partial charge is 0.168 e. The molecule has 2 unspecified atom stereocenters. The molecule has 1 aliphatic heterocycles. The first kappa shape index (κ1) is 28.9. The SMILES string of the molecule is CC(c1cnc(-c2cc(Oc3c(F)cc4[nH]ccc4c3CN3CCCS3=O)ccc2F)[nH]1)c1cccc(CCC=O)c1F. The number of rotatable bonds is 10. The van der Waals surface area contributed by atoms with Crippen molar-refractivity contribution in [1.29, 1.82) is 0 Å². The van der Waals surface area contributed by atoms with Crippen molar-refractivity contribution in [3.05, 3.63) is 101 Å². The van der Waals surface area contributed by atoms with Crippen LogP contribution in [0.2, 0.25) is 0 Å². The predicted octanol–water partition coefficient (Wildman–Crippen LogP) is 6.92. The molecule has 43 heavy (non-hydrogen) atoms. The molecule has 1 saturated heterocycles. The summed E-state index contributed by atoms with van der Waals surface area (Å²) in [5, 5.41) is 0.745. The van der Waals surface area contributed by atoms with Gasteiger partial charge in [0.15, 0.2) is 11.6 Å². The first-order chi connectivity index (χ1) is 20.8. The zero-order valence-corrected chi connectivity index (χ0v) is 24.1. The monoisotopic (exact) mass is 606 g/mol. The summed E-state index contributed by atoms with van der Waals surface area (Å²) >= 11 is 0. The van der Waals surface area contributed by atoms with Crippen molar-refractivity contribution in [2.75, 3.05) is 12.3 Å². The molecule has 0 saturated carbocycles. The van der Waals surface area contributed by atoms with Crippen molar-refractivity contribution in [3.63, 3.8) is 0 Å². The van der Waals surface area contributed by atoms with E-state index in [1.807, 2.05) is 13.0 Å². The van der Waals surface area contributed by atoms with Crippen LogP contribution >= 0.6 is 0 Å². The largest absolute Gasteiger partial charge is 0.454 e. The summed E-state index contributed by atoms with van der Waals surface area (Å²) in [6, 6.07) is 12.3. The molecule has 7 nitrogen and oxygen atoms in total. The van der Waals surface area contributed by atoms with E-state index in [1.165, 1.54) is 30.5 Å². The fourth-order valence-corrected chi connectivity index (χ4v) is 6.72. The second kappa shape index (κ2) is 12.2. The highest BCUT2D eigenvalue weighted by Crippen LogP contribution is 2.38. The van der Waals surface area contributed by atoms with Crippen LogP contribution in [0.25, 0.3) is 22.3 Å². The molecule has 6 rings (SSSR count). The van der Waals surface area contributed by atoms with Gasteiger partial charge in [-0.1, -0.05) is 25.1 Å². The lowest BCUT2D eigenvalue weighted by molar-refractivity contribution is -0.107. The van der Waals surface area contributed by atoms with E-state index in [4.69, 9.17) is 4.74 Å². The number of aromatic amines is 2. The van der Waals surface area contributed by atoms with Gasteiger partial charge in [0.1, 0.15) is 29.5 Å². The second-order valence-electron chi connectivity index (χ2n) is 10.5. The Balaban J connectivity index is 1.30. The van der Waals surface area contributed by atoms with Gasteiger partial charge in [0.25, 0.3) is 0 Å². The molecule has 3 heterocycles. The van der Waals surface area contributed by atoms with E-state index < -0.39 is 28.5 Å².